The number of nitrogens with zero attached hydrogens (tertiary/aromatic N) is 3. The standard InChI is InChI=1S/C24H22BrN3O3/c1-24(2,3)21(29)20-18-17(19-16-7-5-4-6-13(16)12-26-28(19)20)22(30)27(23(18)31)15-10-8-14(25)9-11-15/h4-12,17-20H,1-3H3/t17-,18-,19+,20-/m0/s1. The zero-order valence-corrected chi connectivity index (χ0v) is 19.0. The maximum atomic E-state index is 13.7. The molecular formula is C24H22BrN3O3. The number of halogens is 1. The summed E-state index contributed by atoms with van der Waals surface area (Å²) in [4.78, 5) is 42.1. The lowest BCUT2D eigenvalue weighted by Gasteiger charge is -2.35. The summed E-state index contributed by atoms with van der Waals surface area (Å²) in [5, 5.41) is 6.28. The summed E-state index contributed by atoms with van der Waals surface area (Å²) in [6, 6.07) is 13.6. The molecule has 3 aliphatic rings. The van der Waals surface area contributed by atoms with Crippen molar-refractivity contribution < 1.29 is 14.4 Å². The number of fused-ring (bicyclic) bond motifs is 5. The Morgan fingerprint density at radius 1 is 0.968 bits per heavy atom. The fourth-order valence-electron chi connectivity index (χ4n) is 4.96. The smallest absolute Gasteiger partial charge is 0.240 e. The summed E-state index contributed by atoms with van der Waals surface area (Å²) in [5.41, 5.74) is 1.68. The quantitative estimate of drug-likeness (QED) is 0.611. The number of carbonyl (C=O) groups is 3. The molecule has 6 nitrogen and oxygen atoms in total. The van der Waals surface area contributed by atoms with Crippen LogP contribution in [-0.4, -0.2) is 34.9 Å². The number of hydrazone groups is 1. The van der Waals surface area contributed by atoms with Crippen molar-refractivity contribution in [3.05, 3.63) is 64.1 Å². The minimum atomic E-state index is -0.781. The molecule has 0 aliphatic carbocycles. The topological polar surface area (TPSA) is 70.0 Å². The molecule has 2 aromatic rings. The van der Waals surface area contributed by atoms with Crippen LogP contribution in [0.3, 0.4) is 0 Å². The number of imide groups is 1. The molecule has 31 heavy (non-hydrogen) atoms. The lowest BCUT2D eigenvalue weighted by atomic mass is 9.79. The second-order valence-corrected chi connectivity index (χ2v) is 10.2. The van der Waals surface area contributed by atoms with Crippen LogP contribution in [-0.2, 0) is 14.4 Å². The first-order valence-corrected chi connectivity index (χ1v) is 11.1. The monoisotopic (exact) mass is 479 g/mol. The first kappa shape index (κ1) is 20.1. The van der Waals surface area contributed by atoms with Gasteiger partial charge < -0.3 is 0 Å². The third-order valence-corrected chi connectivity index (χ3v) is 6.91. The summed E-state index contributed by atoms with van der Waals surface area (Å²) in [7, 11) is 0. The summed E-state index contributed by atoms with van der Waals surface area (Å²) in [6.07, 6.45) is 1.72. The van der Waals surface area contributed by atoms with E-state index in [2.05, 4.69) is 21.0 Å². The summed E-state index contributed by atoms with van der Waals surface area (Å²) in [6.45, 7) is 5.52. The summed E-state index contributed by atoms with van der Waals surface area (Å²) in [5.74, 6) is -2.12. The second-order valence-electron chi connectivity index (χ2n) is 9.30. The molecule has 0 saturated carbocycles. The van der Waals surface area contributed by atoms with E-state index in [1.54, 1.807) is 35.5 Å². The van der Waals surface area contributed by atoms with E-state index in [0.29, 0.717) is 5.69 Å². The van der Waals surface area contributed by atoms with Gasteiger partial charge in [0.1, 0.15) is 6.04 Å². The van der Waals surface area contributed by atoms with Crippen LogP contribution in [0, 0.1) is 17.3 Å². The summed E-state index contributed by atoms with van der Waals surface area (Å²) >= 11 is 3.39. The number of anilines is 1. The van der Waals surface area contributed by atoms with Crippen LogP contribution in [0.15, 0.2) is 58.1 Å². The molecule has 2 fully saturated rings. The lowest BCUT2D eigenvalue weighted by molar-refractivity contribution is -0.136. The average molecular weight is 480 g/mol. The van der Waals surface area contributed by atoms with Crippen molar-refractivity contribution in [2.75, 3.05) is 4.90 Å². The van der Waals surface area contributed by atoms with Crippen LogP contribution in [0.4, 0.5) is 5.69 Å². The van der Waals surface area contributed by atoms with E-state index in [9.17, 15) is 14.4 Å². The van der Waals surface area contributed by atoms with Gasteiger partial charge in [0, 0.05) is 9.89 Å². The predicted octanol–water partition coefficient (Wildman–Crippen LogP) is 3.94. The highest BCUT2D eigenvalue weighted by Crippen LogP contribution is 2.53. The van der Waals surface area contributed by atoms with Gasteiger partial charge in [-0.2, -0.15) is 5.10 Å². The van der Waals surface area contributed by atoms with Gasteiger partial charge in [-0.15, -0.1) is 0 Å². The minimum Gasteiger partial charge on any atom is -0.297 e. The van der Waals surface area contributed by atoms with Gasteiger partial charge in [0.2, 0.25) is 11.8 Å². The first-order valence-electron chi connectivity index (χ1n) is 10.3. The second kappa shape index (κ2) is 6.85. The van der Waals surface area contributed by atoms with Gasteiger partial charge in [0.25, 0.3) is 0 Å². The van der Waals surface area contributed by atoms with Crippen molar-refractivity contribution in [2.45, 2.75) is 32.9 Å². The highest BCUT2D eigenvalue weighted by Gasteiger charge is 2.66. The predicted molar refractivity (Wildman–Crippen MR) is 120 cm³/mol. The largest absolute Gasteiger partial charge is 0.297 e. The SMILES string of the molecule is CC(C)(C)C(=O)[C@@H]1[C@H]2C(=O)N(c3ccc(Br)cc3)C(=O)[C@@H]2[C@H]2c3ccccc3C=NN12. The molecule has 2 aromatic carbocycles. The van der Waals surface area contributed by atoms with Crippen LogP contribution in [0.25, 0.3) is 0 Å². The fraction of sp³-hybridized carbons (Fsp3) is 0.333. The van der Waals surface area contributed by atoms with Gasteiger partial charge in [-0.3, -0.25) is 19.4 Å². The van der Waals surface area contributed by atoms with E-state index in [1.807, 2.05) is 45.0 Å². The van der Waals surface area contributed by atoms with Gasteiger partial charge in [-0.05, 0) is 35.4 Å². The Balaban J connectivity index is 1.66. The van der Waals surface area contributed by atoms with Crippen molar-refractivity contribution in [2.24, 2.45) is 22.4 Å². The molecule has 2 saturated heterocycles. The highest BCUT2D eigenvalue weighted by molar-refractivity contribution is 9.10. The van der Waals surface area contributed by atoms with Crippen molar-refractivity contribution in [1.82, 2.24) is 5.01 Å². The third-order valence-electron chi connectivity index (χ3n) is 6.39. The minimum absolute atomic E-state index is 0.0830. The normalized spacial score (nSPS) is 26.7. The van der Waals surface area contributed by atoms with Crippen LogP contribution in [0.2, 0.25) is 0 Å². The zero-order valence-electron chi connectivity index (χ0n) is 17.4. The molecule has 158 valence electrons. The van der Waals surface area contributed by atoms with Crippen molar-refractivity contribution in [3.8, 4) is 0 Å². The van der Waals surface area contributed by atoms with Crippen LogP contribution in [0.1, 0.15) is 37.9 Å². The summed E-state index contributed by atoms with van der Waals surface area (Å²) < 4.78 is 0.859. The Kier molecular flexibility index (Phi) is 4.45. The molecule has 7 heteroatoms. The van der Waals surface area contributed by atoms with Crippen molar-refractivity contribution in [1.29, 1.82) is 0 Å². The number of ketones is 1. The molecule has 3 heterocycles. The van der Waals surface area contributed by atoms with E-state index in [1.165, 1.54) is 4.90 Å². The molecule has 5 rings (SSSR count). The van der Waals surface area contributed by atoms with E-state index in [-0.39, 0.29) is 17.6 Å². The third kappa shape index (κ3) is 2.90. The molecule has 4 atom stereocenters. The Morgan fingerprint density at radius 2 is 1.61 bits per heavy atom. The number of benzene rings is 2. The molecule has 0 N–H and O–H groups in total. The van der Waals surface area contributed by atoms with Crippen molar-refractivity contribution >= 4 is 45.4 Å². The van der Waals surface area contributed by atoms with Gasteiger partial charge >= 0.3 is 0 Å². The molecule has 3 aliphatic heterocycles. The van der Waals surface area contributed by atoms with Crippen LogP contribution in [0.5, 0.6) is 0 Å². The Morgan fingerprint density at radius 3 is 2.29 bits per heavy atom. The van der Waals surface area contributed by atoms with Crippen LogP contribution >= 0.6 is 15.9 Å². The van der Waals surface area contributed by atoms with Gasteiger partial charge in [0.15, 0.2) is 5.78 Å². The number of hydrogen-bond donors (Lipinski definition) is 0. The number of hydrogen-bond acceptors (Lipinski definition) is 5. The molecule has 0 bridgehead atoms. The maximum Gasteiger partial charge on any atom is 0.240 e. The van der Waals surface area contributed by atoms with Gasteiger partial charge in [0.05, 0.1) is 29.8 Å². The van der Waals surface area contributed by atoms with Crippen molar-refractivity contribution in [3.63, 3.8) is 0 Å². The number of carbonyl (C=O) groups excluding carboxylic acids is 3. The Bertz CT molecular complexity index is 1140. The van der Waals surface area contributed by atoms with Crippen LogP contribution < -0.4 is 4.90 Å². The first-order chi connectivity index (χ1) is 14.7. The van der Waals surface area contributed by atoms with Gasteiger partial charge in [-0.25, -0.2) is 4.90 Å². The van der Waals surface area contributed by atoms with E-state index < -0.39 is 29.3 Å². The fourth-order valence-corrected chi connectivity index (χ4v) is 5.22. The molecule has 0 aromatic heterocycles. The van der Waals surface area contributed by atoms with E-state index in [4.69, 9.17) is 0 Å². The lowest BCUT2D eigenvalue weighted by Crippen LogP contribution is -2.48. The highest BCUT2D eigenvalue weighted by atomic mass is 79.9. The van der Waals surface area contributed by atoms with Gasteiger partial charge in [-0.1, -0.05) is 61.0 Å². The average Bonchev–Trinajstić information content (AvgIpc) is 3.20. The molecular weight excluding hydrogens is 458 g/mol. The number of amides is 2. The maximum absolute atomic E-state index is 13.7. The molecule has 2 amide bonds. The number of Topliss-reactive ketones (excluding diaryl/α,β-unsaturated/α-hetero) is 1. The molecule has 0 unspecified atom stereocenters. The zero-order chi connectivity index (χ0) is 22.1. The molecule has 0 spiro atoms. The Hall–Kier alpha value is -2.80. The van der Waals surface area contributed by atoms with E-state index in [0.717, 1.165) is 15.6 Å². The molecule has 0 radical (unpaired) electrons. The van der Waals surface area contributed by atoms with E-state index >= 15 is 0 Å². The Labute approximate surface area is 189 Å². The number of rotatable bonds is 2.